The Labute approximate surface area is 155 Å². The van der Waals surface area contributed by atoms with Crippen LogP contribution in [0.25, 0.3) is 0 Å². The van der Waals surface area contributed by atoms with E-state index in [2.05, 4.69) is 5.32 Å². The third-order valence-electron chi connectivity index (χ3n) is 3.79. The number of rotatable bonds is 10. The molecule has 0 unspecified atom stereocenters. The zero-order chi connectivity index (χ0) is 18.8. The molecule has 0 fully saturated rings. The van der Waals surface area contributed by atoms with Gasteiger partial charge in [0.15, 0.2) is 0 Å². The van der Waals surface area contributed by atoms with Gasteiger partial charge in [0.2, 0.25) is 0 Å². The van der Waals surface area contributed by atoms with Crippen molar-refractivity contribution in [2.45, 2.75) is 26.4 Å². The number of carbonyl (C=O) groups is 1. The van der Waals surface area contributed by atoms with Crippen LogP contribution >= 0.6 is 7.60 Å². The first-order valence-electron chi connectivity index (χ1n) is 8.85. The third-order valence-corrected chi connectivity index (χ3v) is 5.84. The fraction of sp³-hybridized carbons (Fsp3) is 0.350. The van der Waals surface area contributed by atoms with Crippen LogP contribution in [0.2, 0.25) is 0 Å². The van der Waals surface area contributed by atoms with Crippen molar-refractivity contribution in [2.75, 3.05) is 19.8 Å². The standard InChI is InChI=1S/C20H26NO4P/c1-3-24-26(23,25-4-2)16-18-10-12-19(13-11-18)20(22)21-15-14-17-8-6-5-7-9-17/h5-13H,3-4,14-16H2,1-2H3,(H,21,22). The SMILES string of the molecule is CCOP(=O)(Cc1ccc(C(=O)NCCc2ccccc2)cc1)OCC. The molecule has 6 heteroatoms. The molecule has 1 amide bonds. The number of carbonyl (C=O) groups excluding carboxylic acids is 1. The highest BCUT2D eigenvalue weighted by atomic mass is 31.2. The van der Waals surface area contributed by atoms with Crippen LogP contribution < -0.4 is 5.32 Å². The van der Waals surface area contributed by atoms with Gasteiger partial charge in [-0.1, -0.05) is 42.5 Å². The Morgan fingerprint density at radius 2 is 1.54 bits per heavy atom. The lowest BCUT2D eigenvalue weighted by Gasteiger charge is -2.17. The van der Waals surface area contributed by atoms with Crippen molar-refractivity contribution < 1.29 is 18.4 Å². The van der Waals surface area contributed by atoms with Crippen LogP contribution in [0.1, 0.15) is 35.3 Å². The lowest BCUT2D eigenvalue weighted by molar-refractivity contribution is 0.0954. The zero-order valence-corrected chi connectivity index (χ0v) is 16.2. The summed E-state index contributed by atoms with van der Waals surface area (Å²) in [4.78, 5) is 12.2. The number of hydrogen-bond acceptors (Lipinski definition) is 4. The first-order valence-corrected chi connectivity index (χ1v) is 10.6. The average molecular weight is 375 g/mol. The van der Waals surface area contributed by atoms with Gasteiger partial charge in [-0.3, -0.25) is 9.36 Å². The maximum absolute atomic E-state index is 12.6. The first-order chi connectivity index (χ1) is 12.6. The highest BCUT2D eigenvalue weighted by Gasteiger charge is 2.24. The largest absolute Gasteiger partial charge is 0.352 e. The van der Waals surface area contributed by atoms with E-state index >= 15 is 0 Å². The second-order valence-corrected chi connectivity index (χ2v) is 7.85. The van der Waals surface area contributed by atoms with Crippen molar-refractivity contribution in [3.05, 3.63) is 71.3 Å². The van der Waals surface area contributed by atoms with Crippen LogP contribution in [0, 0.1) is 0 Å². The molecule has 26 heavy (non-hydrogen) atoms. The van der Waals surface area contributed by atoms with Gasteiger partial charge in [0, 0.05) is 12.1 Å². The maximum Gasteiger partial charge on any atom is 0.335 e. The fourth-order valence-electron chi connectivity index (χ4n) is 2.57. The predicted molar refractivity (Wildman–Crippen MR) is 103 cm³/mol. The van der Waals surface area contributed by atoms with E-state index in [1.165, 1.54) is 5.56 Å². The number of amides is 1. The average Bonchev–Trinajstić information content (AvgIpc) is 2.63. The molecular weight excluding hydrogens is 349 g/mol. The molecule has 2 aromatic carbocycles. The van der Waals surface area contributed by atoms with Gasteiger partial charge in [0.1, 0.15) is 0 Å². The van der Waals surface area contributed by atoms with Crippen LogP contribution in [0.15, 0.2) is 54.6 Å². The monoisotopic (exact) mass is 375 g/mol. The Morgan fingerprint density at radius 3 is 2.12 bits per heavy atom. The molecule has 0 saturated heterocycles. The summed E-state index contributed by atoms with van der Waals surface area (Å²) in [6.45, 7) is 4.82. The molecule has 0 aliphatic carbocycles. The molecule has 0 heterocycles. The molecule has 140 valence electrons. The minimum Gasteiger partial charge on any atom is -0.352 e. The first kappa shape index (κ1) is 20.4. The summed E-state index contributed by atoms with van der Waals surface area (Å²) in [5, 5.41) is 2.91. The zero-order valence-electron chi connectivity index (χ0n) is 15.3. The second-order valence-electron chi connectivity index (χ2n) is 5.79. The molecule has 2 aromatic rings. The van der Waals surface area contributed by atoms with E-state index in [0.717, 1.165) is 12.0 Å². The van der Waals surface area contributed by atoms with E-state index in [1.54, 1.807) is 38.1 Å². The van der Waals surface area contributed by atoms with Crippen LogP contribution in [0.5, 0.6) is 0 Å². The van der Waals surface area contributed by atoms with Crippen molar-refractivity contribution in [3.8, 4) is 0 Å². The van der Waals surface area contributed by atoms with Gasteiger partial charge in [-0.15, -0.1) is 0 Å². The lowest BCUT2D eigenvalue weighted by atomic mass is 10.1. The van der Waals surface area contributed by atoms with Gasteiger partial charge in [-0.2, -0.15) is 0 Å². The summed E-state index contributed by atoms with van der Waals surface area (Å²) in [7, 11) is -3.13. The molecular formula is C20H26NO4P. The third kappa shape index (κ3) is 6.41. The van der Waals surface area contributed by atoms with Gasteiger partial charge in [0.05, 0.1) is 19.4 Å². The Balaban J connectivity index is 1.89. The van der Waals surface area contributed by atoms with Gasteiger partial charge in [-0.05, 0) is 43.5 Å². The van der Waals surface area contributed by atoms with Crippen LogP contribution in [0.3, 0.4) is 0 Å². The summed E-state index contributed by atoms with van der Waals surface area (Å²) >= 11 is 0. The van der Waals surface area contributed by atoms with Crippen molar-refractivity contribution in [1.29, 1.82) is 0 Å². The summed E-state index contributed by atoms with van der Waals surface area (Å²) < 4.78 is 23.2. The Kier molecular flexibility index (Phi) is 8.05. The van der Waals surface area contributed by atoms with Crippen molar-refractivity contribution in [2.24, 2.45) is 0 Å². The van der Waals surface area contributed by atoms with E-state index in [-0.39, 0.29) is 12.1 Å². The second kappa shape index (κ2) is 10.3. The highest BCUT2D eigenvalue weighted by molar-refractivity contribution is 7.53. The molecule has 0 aliphatic rings. The smallest absolute Gasteiger partial charge is 0.335 e. The molecule has 5 nitrogen and oxygen atoms in total. The maximum atomic E-state index is 12.6. The van der Waals surface area contributed by atoms with Crippen LogP contribution in [-0.2, 0) is 26.2 Å². The minimum atomic E-state index is -3.13. The van der Waals surface area contributed by atoms with Gasteiger partial charge >= 0.3 is 7.60 Å². The van der Waals surface area contributed by atoms with E-state index in [4.69, 9.17) is 9.05 Å². The lowest BCUT2D eigenvalue weighted by Crippen LogP contribution is -2.25. The van der Waals surface area contributed by atoms with Gasteiger partial charge in [-0.25, -0.2) is 0 Å². The van der Waals surface area contributed by atoms with Gasteiger partial charge < -0.3 is 14.4 Å². The molecule has 0 atom stereocenters. The fourth-order valence-corrected chi connectivity index (χ4v) is 4.28. The predicted octanol–water partition coefficient (Wildman–Crippen LogP) is 4.43. The molecule has 0 spiro atoms. The van der Waals surface area contributed by atoms with E-state index in [1.807, 2.05) is 30.3 Å². The minimum absolute atomic E-state index is 0.120. The summed E-state index contributed by atoms with van der Waals surface area (Å²) in [6, 6.07) is 17.1. The molecule has 0 saturated carbocycles. The van der Waals surface area contributed by atoms with E-state index < -0.39 is 7.60 Å². The quantitative estimate of drug-likeness (QED) is 0.624. The van der Waals surface area contributed by atoms with E-state index in [9.17, 15) is 9.36 Å². The summed E-state index contributed by atoms with van der Waals surface area (Å²) in [5.41, 5.74) is 2.58. The highest BCUT2D eigenvalue weighted by Crippen LogP contribution is 2.51. The molecule has 0 aliphatic heterocycles. The summed E-state index contributed by atoms with van der Waals surface area (Å²) in [5.74, 6) is -0.120. The Bertz CT molecular complexity index is 721. The molecule has 1 N–H and O–H groups in total. The molecule has 0 bridgehead atoms. The summed E-state index contributed by atoms with van der Waals surface area (Å²) in [6.07, 6.45) is 0.987. The Morgan fingerprint density at radius 1 is 0.923 bits per heavy atom. The number of nitrogens with one attached hydrogen (secondary N) is 1. The van der Waals surface area contributed by atoms with Crippen LogP contribution in [0.4, 0.5) is 0 Å². The van der Waals surface area contributed by atoms with Gasteiger partial charge in [0.25, 0.3) is 5.91 Å². The van der Waals surface area contributed by atoms with Crippen LogP contribution in [-0.4, -0.2) is 25.7 Å². The number of hydrogen-bond donors (Lipinski definition) is 1. The molecule has 0 radical (unpaired) electrons. The van der Waals surface area contributed by atoms with Crippen molar-refractivity contribution in [1.82, 2.24) is 5.32 Å². The molecule has 0 aromatic heterocycles. The number of benzene rings is 2. The Hall–Kier alpha value is -1.94. The molecule has 2 rings (SSSR count). The van der Waals surface area contributed by atoms with E-state index in [0.29, 0.717) is 25.3 Å². The van der Waals surface area contributed by atoms with Crippen molar-refractivity contribution >= 4 is 13.5 Å². The normalized spacial score (nSPS) is 11.3. The topological polar surface area (TPSA) is 64.6 Å². The van der Waals surface area contributed by atoms with Crippen molar-refractivity contribution in [3.63, 3.8) is 0 Å².